The molecule has 328 valence electrons. The molecule has 0 saturated carbocycles. The SMILES string of the molecule is CCCCCCCCCCCCCCCCCCCCCCC(=O)OCCNCCOC(=O)CCCCCCCCCCCCCCCCCCCCCC. The van der Waals surface area contributed by atoms with Crippen molar-refractivity contribution in [3.63, 3.8) is 0 Å². The first kappa shape index (κ1) is 53.9. The molecule has 0 aliphatic carbocycles. The number of unbranched alkanes of at least 4 members (excludes halogenated alkanes) is 38. The lowest BCUT2D eigenvalue weighted by Crippen LogP contribution is -2.26. The molecule has 0 aromatic carbocycles. The van der Waals surface area contributed by atoms with Gasteiger partial charge in [-0.15, -0.1) is 0 Å². The van der Waals surface area contributed by atoms with Gasteiger partial charge in [0.25, 0.3) is 0 Å². The summed E-state index contributed by atoms with van der Waals surface area (Å²) in [6.07, 6.45) is 55.6. The van der Waals surface area contributed by atoms with E-state index in [9.17, 15) is 9.59 Å². The highest BCUT2D eigenvalue weighted by molar-refractivity contribution is 5.69. The molecule has 0 heterocycles. The van der Waals surface area contributed by atoms with Crippen molar-refractivity contribution in [3.8, 4) is 0 Å². The third kappa shape index (κ3) is 49.0. The molecule has 0 spiro atoms. The maximum absolute atomic E-state index is 12.0. The van der Waals surface area contributed by atoms with Crippen molar-refractivity contribution in [3.05, 3.63) is 0 Å². The standard InChI is InChI=1S/C50H99NO4/c1-3-5-7-9-11-13-15-17-19-21-23-25-27-29-31-33-35-37-39-41-43-49(52)54-47-45-51-46-48-55-50(53)44-42-40-38-36-34-32-30-28-26-24-22-20-18-16-14-12-10-8-6-4-2/h51H,3-48H2,1-2H3. The normalized spacial score (nSPS) is 11.4. The average Bonchev–Trinajstić information content (AvgIpc) is 3.19. The first-order valence-electron chi connectivity index (χ1n) is 25.2. The van der Waals surface area contributed by atoms with Crippen LogP contribution in [0.4, 0.5) is 0 Å². The van der Waals surface area contributed by atoms with Gasteiger partial charge in [-0.25, -0.2) is 0 Å². The molecular weight excluding hydrogens is 679 g/mol. The Labute approximate surface area is 345 Å². The molecule has 0 radical (unpaired) electrons. The summed E-state index contributed by atoms with van der Waals surface area (Å²) in [6, 6.07) is 0. The van der Waals surface area contributed by atoms with Crippen LogP contribution in [0.15, 0.2) is 0 Å². The van der Waals surface area contributed by atoms with E-state index in [-0.39, 0.29) is 11.9 Å². The molecule has 0 aliphatic heterocycles. The van der Waals surface area contributed by atoms with Crippen LogP contribution in [0, 0.1) is 0 Å². The zero-order valence-corrected chi connectivity index (χ0v) is 37.7. The minimum Gasteiger partial charge on any atom is -0.464 e. The molecule has 0 atom stereocenters. The van der Waals surface area contributed by atoms with Crippen LogP contribution in [0.5, 0.6) is 0 Å². The third-order valence-corrected chi connectivity index (χ3v) is 11.6. The lowest BCUT2D eigenvalue weighted by atomic mass is 10.0. The van der Waals surface area contributed by atoms with E-state index in [1.165, 1.54) is 231 Å². The molecule has 0 aromatic rings. The maximum Gasteiger partial charge on any atom is 0.305 e. The highest BCUT2D eigenvalue weighted by Crippen LogP contribution is 2.17. The summed E-state index contributed by atoms with van der Waals surface area (Å²) < 4.78 is 10.7. The first-order valence-corrected chi connectivity index (χ1v) is 25.2. The van der Waals surface area contributed by atoms with Crippen LogP contribution >= 0.6 is 0 Å². The molecule has 0 bridgehead atoms. The largest absolute Gasteiger partial charge is 0.464 e. The number of carbonyl (C=O) groups is 2. The molecule has 0 rings (SSSR count). The summed E-state index contributed by atoms with van der Waals surface area (Å²) in [5.74, 6) is -0.184. The van der Waals surface area contributed by atoms with Gasteiger partial charge in [-0.2, -0.15) is 0 Å². The zero-order valence-electron chi connectivity index (χ0n) is 37.7. The number of nitrogens with one attached hydrogen (secondary N) is 1. The fraction of sp³-hybridized carbons (Fsp3) is 0.960. The predicted octanol–water partition coefficient (Wildman–Crippen LogP) is 16.1. The van der Waals surface area contributed by atoms with E-state index < -0.39 is 0 Å². The van der Waals surface area contributed by atoms with Crippen LogP contribution in [0.1, 0.15) is 284 Å². The Hall–Kier alpha value is -1.10. The molecule has 5 nitrogen and oxygen atoms in total. The van der Waals surface area contributed by atoms with Crippen molar-refractivity contribution in [2.75, 3.05) is 26.3 Å². The lowest BCUT2D eigenvalue weighted by Gasteiger charge is -2.08. The second-order valence-corrected chi connectivity index (χ2v) is 17.1. The Kier molecular flexibility index (Phi) is 48.1. The second kappa shape index (κ2) is 49.0. The smallest absolute Gasteiger partial charge is 0.305 e. The summed E-state index contributed by atoms with van der Waals surface area (Å²) in [6.45, 7) is 6.54. The quantitative estimate of drug-likeness (QED) is 0.0492. The van der Waals surface area contributed by atoms with E-state index in [1.54, 1.807) is 0 Å². The molecule has 0 aromatic heterocycles. The van der Waals surface area contributed by atoms with Crippen LogP contribution in [-0.4, -0.2) is 38.2 Å². The molecule has 5 heteroatoms. The van der Waals surface area contributed by atoms with E-state index in [1.807, 2.05) is 0 Å². The van der Waals surface area contributed by atoms with E-state index >= 15 is 0 Å². The van der Waals surface area contributed by atoms with Crippen molar-refractivity contribution < 1.29 is 19.1 Å². The Bertz CT molecular complexity index is 683. The molecule has 0 saturated heterocycles. The van der Waals surface area contributed by atoms with Crippen LogP contribution < -0.4 is 5.32 Å². The molecule has 55 heavy (non-hydrogen) atoms. The average molecular weight is 778 g/mol. The van der Waals surface area contributed by atoms with Crippen LogP contribution in [-0.2, 0) is 19.1 Å². The fourth-order valence-corrected chi connectivity index (χ4v) is 7.79. The summed E-state index contributed by atoms with van der Waals surface area (Å²) in [5.41, 5.74) is 0. The maximum atomic E-state index is 12.0. The monoisotopic (exact) mass is 778 g/mol. The number of carbonyl (C=O) groups excluding carboxylic acids is 2. The van der Waals surface area contributed by atoms with Gasteiger partial charge in [-0.05, 0) is 12.8 Å². The number of hydrogen-bond donors (Lipinski definition) is 1. The zero-order chi connectivity index (χ0) is 39.8. The second-order valence-electron chi connectivity index (χ2n) is 17.1. The summed E-state index contributed by atoms with van der Waals surface area (Å²) in [7, 11) is 0. The van der Waals surface area contributed by atoms with Gasteiger partial charge in [-0.3, -0.25) is 9.59 Å². The fourth-order valence-electron chi connectivity index (χ4n) is 7.79. The molecule has 1 N–H and O–H groups in total. The van der Waals surface area contributed by atoms with Gasteiger partial charge in [-0.1, -0.05) is 258 Å². The van der Waals surface area contributed by atoms with Crippen molar-refractivity contribution >= 4 is 11.9 Å². The van der Waals surface area contributed by atoms with Gasteiger partial charge >= 0.3 is 11.9 Å². The molecular formula is C50H99NO4. The molecule has 0 aliphatic rings. The van der Waals surface area contributed by atoms with Crippen molar-refractivity contribution in [2.45, 2.75) is 284 Å². The Morgan fingerprint density at radius 1 is 0.291 bits per heavy atom. The van der Waals surface area contributed by atoms with Gasteiger partial charge in [0.15, 0.2) is 0 Å². The van der Waals surface area contributed by atoms with Gasteiger partial charge < -0.3 is 14.8 Å². The van der Waals surface area contributed by atoms with Gasteiger partial charge in [0, 0.05) is 25.9 Å². The topological polar surface area (TPSA) is 64.6 Å². The van der Waals surface area contributed by atoms with E-state index in [0.29, 0.717) is 39.1 Å². The Morgan fingerprint density at radius 3 is 0.673 bits per heavy atom. The van der Waals surface area contributed by atoms with Crippen molar-refractivity contribution in [1.82, 2.24) is 5.32 Å². The van der Waals surface area contributed by atoms with E-state index in [0.717, 1.165) is 25.7 Å². The van der Waals surface area contributed by atoms with E-state index in [4.69, 9.17) is 9.47 Å². The van der Waals surface area contributed by atoms with Crippen LogP contribution in [0.25, 0.3) is 0 Å². The predicted molar refractivity (Wildman–Crippen MR) is 240 cm³/mol. The molecule has 0 unspecified atom stereocenters. The number of hydrogen-bond acceptors (Lipinski definition) is 5. The highest BCUT2D eigenvalue weighted by atomic mass is 16.5. The number of ether oxygens (including phenoxy) is 2. The molecule has 0 fully saturated rings. The summed E-state index contributed by atoms with van der Waals surface area (Å²) >= 11 is 0. The summed E-state index contributed by atoms with van der Waals surface area (Å²) in [5, 5.41) is 3.20. The minimum absolute atomic E-state index is 0.0922. The minimum atomic E-state index is -0.0922. The Morgan fingerprint density at radius 2 is 0.473 bits per heavy atom. The highest BCUT2D eigenvalue weighted by Gasteiger charge is 2.05. The van der Waals surface area contributed by atoms with Crippen LogP contribution in [0.3, 0.4) is 0 Å². The van der Waals surface area contributed by atoms with Crippen molar-refractivity contribution in [2.24, 2.45) is 0 Å². The first-order chi connectivity index (χ1) is 27.2. The Balaban J connectivity index is 3.23. The van der Waals surface area contributed by atoms with Gasteiger partial charge in [0.05, 0.1) is 0 Å². The number of rotatable bonds is 48. The lowest BCUT2D eigenvalue weighted by molar-refractivity contribution is -0.143. The third-order valence-electron chi connectivity index (χ3n) is 11.6. The molecule has 0 amide bonds. The van der Waals surface area contributed by atoms with E-state index in [2.05, 4.69) is 19.2 Å². The number of esters is 2. The summed E-state index contributed by atoms with van der Waals surface area (Å²) in [4.78, 5) is 24.0. The van der Waals surface area contributed by atoms with Crippen molar-refractivity contribution in [1.29, 1.82) is 0 Å². The van der Waals surface area contributed by atoms with Gasteiger partial charge in [0.2, 0.25) is 0 Å². The van der Waals surface area contributed by atoms with Gasteiger partial charge in [0.1, 0.15) is 13.2 Å². The van der Waals surface area contributed by atoms with Crippen LogP contribution in [0.2, 0.25) is 0 Å².